The number of carbonyl (C=O) groups is 1. The highest BCUT2D eigenvalue weighted by atomic mass is 16.1. The Balaban J connectivity index is 2.32. The minimum atomic E-state index is 0.282. The Hall–Kier alpha value is -1.61. The SMILES string of the molecule is Cc1c(C)n(C[C@H](C)NCC=O)c2ccccc12. The first kappa shape index (κ1) is 12.8. The van der Waals surface area contributed by atoms with Gasteiger partial charge in [0.15, 0.2) is 0 Å². The van der Waals surface area contributed by atoms with Crippen molar-refractivity contribution < 1.29 is 4.79 Å². The van der Waals surface area contributed by atoms with Gasteiger partial charge in [0.05, 0.1) is 6.54 Å². The normalized spacial score (nSPS) is 12.8. The number of nitrogens with zero attached hydrogens (tertiary/aromatic N) is 1. The molecule has 1 atom stereocenters. The molecule has 2 aromatic rings. The Kier molecular flexibility index (Phi) is 3.82. The zero-order valence-electron chi connectivity index (χ0n) is 11.2. The van der Waals surface area contributed by atoms with Gasteiger partial charge in [0.2, 0.25) is 0 Å². The molecular formula is C15H20N2O. The summed E-state index contributed by atoms with van der Waals surface area (Å²) in [6, 6.07) is 8.75. The Morgan fingerprint density at radius 2 is 2.06 bits per heavy atom. The molecule has 0 bridgehead atoms. The van der Waals surface area contributed by atoms with Gasteiger partial charge in [-0.3, -0.25) is 0 Å². The number of para-hydroxylation sites is 1. The molecule has 1 N–H and O–H groups in total. The summed E-state index contributed by atoms with van der Waals surface area (Å²) in [6.07, 6.45) is 0.905. The lowest BCUT2D eigenvalue weighted by molar-refractivity contribution is -0.107. The molecule has 1 aromatic carbocycles. The van der Waals surface area contributed by atoms with E-state index in [2.05, 4.69) is 54.9 Å². The molecule has 18 heavy (non-hydrogen) atoms. The van der Waals surface area contributed by atoms with E-state index < -0.39 is 0 Å². The zero-order valence-corrected chi connectivity index (χ0v) is 11.2. The van der Waals surface area contributed by atoms with Crippen molar-refractivity contribution in [2.45, 2.75) is 33.4 Å². The third kappa shape index (κ3) is 2.31. The Labute approximate surface area is 108 Å². The van der Waals surface area contributed by atoms with E-state index >= 15 is 0 Å². The number of aryl methyl sites for hydroxylation is 1. The van der Waals surface area contributed by atoms with Gasteiger partial charge >= 0.3 is 0 Å². The van der Waals surface area contributed by atoms with Crippen molar-refractivity contribution in [1.82, 2.24) is 9.88 Å². The third-order valence-electron chi connectivity index (χ3n) is 3.55. The van der Waals surface area contributed by atoms with Crippen LogP contribution in [0.15, 0.2) is 24.3 Å². The molecule has 0 unspecified atom stereocenters. The van der Waals surface area contributed by atoms with Crippen LogP contribution in [-0.4, -0.2) is 23.4 Å². The minimum Gasteiger partial charge on any atom is -0.343 e. The van der Waals surface area contributed by atoms with Crippen LogP contribution < -0.4 is 5.32 Å². The van der Waals surface area contributed by atoms with E-state index in [1.807, 2.05) is 0 Å². The van der Waals surface area contributed by atoms with E-state index in [9.17, 15) is 4.79 Å². The molecule has 0 saturated carbocycles. The number of aromatic nitrogens is 1. The maximum absolute atomic E-state index is 10.4. The molecule has 0 fully saturated rings. The second kappa shape index (κ2) is 5.36. The van der Waals surface area contributed by atoms with E-state index in [1.165, 1.54) is 22.2 Å². The molecule has 3 heteroatoms. The molecule has 0 aliphatic heterocycles. The van der Waals surface area contributed by atoms with E-state index in [0.29, 0.717) is 6.54 Å². The molecule has 1 heterocycles. The smallest absolute Gasteiger partial charge is 0.133 e. The van der Waals surface area contributed by atoms with Gasteiger partial charge in [0, 0.05) is 29.2 Å². The maximum atomic E-state index is 10.4. The largest absolute Gasteiger partial charge is 0.343 e. The van der Waals surface area contributed by atoms with Crippen LogP contribution in [0.1, 0.15) is 18.2 Å². The van der Waals surface area contributed by atoms with Gasteiger partial charge in [-0.15, -0.1) is 0 Å². The highest BCUT2D eigenvalue weighted by Gasteiger charge is 2.12. The minimum absolute atomic E-state index is 0.282. The van der Waals surface area contributed by atoms with Gasteiger partial charge < -0.3 is 14.7 Å². The van der Waals surface area contributed by atoms with Gasteiger partial charge in [-0.1, -0.05) is 18.2 Å². The molecule has 2 rings (SSSR count). The van der Waals surface area contributed by atoms with Crippen LogP contribution in [0.4, 0.5) is 0 Å². The van der Waals surface area contributed by atoms with Crippen LogP contribution in [0, 0.1) is 13.8 Å². The molecule has 0 spiro atoms. The van der Waals surface area contributed by atoms with Crippen LogP contribution in [-0.2, 0) is 11.3 Å². The van der Waals surface area contributed by atoms with Gasteiger partial charge in [-0.05, 0) is 32.4 Å². The number of rotatable bonds is 5. The summed E-state index contributed by atoms with van der Waals surface area (Å²) >= 11 is 0. The summed E-state index contributed by atoms with van der Waals surface area (Å²) < 4.78 is 2.33. The van der Waals surface area contributed by atoms with Crippen molar-refractivity contribution in [3.8, 4) is 0 Å². The Bertz CT molecular complexity index is 557. The average Bonchev–Trinajstić information content (AvgIpc) is 2.62. The fourth-order valence-corrected chi connectivity index (χ4v) is 2.43. The van der Waals surface area contributed by atoms with E-state index in [0.717, 1.165) is 12.8 Å². The number of hydrogen-bond acceptors (Lipinski definition) is 2. The van der Waals surface area contributed by atoms with Crippen LogP contribution in [0.25, 0.3) is 10.9 Å². The van der Waals surface area contributed by atoms with Crippen molar-refractivity contribution >= 4 is 17.2 Å². The number of hydrogen-bond donors (Lipinski definition) is 1. The van der Waals surface area contributed by atoms with E-state index in [1.54, 1.807) is 0 Å². The Morgan fingerprint density at radius 1 is 1.33 bits per heavy atom. The highest BCUT2D eigenvalue weighted by molar-refractivity contribution is 5.85. The van der Waals surface area contributed by atoms with Crippen molar-refractivity contribution in [3.05, 3.63) is 35.5 Å². The summed E-state index contributed by atoms with van der Waals surface area (Å²) in [5, 5.41) is 4.51. The van der Waals surface area contributed by atoms with Crippen molar-refractivity contribution in [1.29, 1.82) is 0 Å². The molecule has 0 radical (unpaired) electrons. The molecule has 1 aromatic heterocycles. The Morgan fingerprint density at radius 3 is 2.78 bits per heavy atom. The summed E-state index contributed by atoms with van der Waals surface area (Å²) in [7, 11) is 0. The van der Waals surface area contributed by atoms with Crippen LogP contribution in [0.2, 0.25) is 0 Å². The van der Waals surface area contributed by atoms with Gasteiger partial charge in [-0.25, -0.2) is 0 Å². The summed E-state index contributed by atoms with van der Waals surface area (Å²) in [5.41, 5.74) is 3.91. The van der Waals surface area contributed by atoms with Crippen molar-refractivity contribution in [2.75, 3.05) is 6.54 Å². The second-order valence-corrected chi connectivity index (χ2v) is 4.81. The molecule has 0 saturated heterocycles. The summed E-state index contributed by atoms with van der Waals surface area (Å²) in [6.45, 7) is 7.72. The average molecular weight is 244 g/mol. The van der Waals surface area contributed by atoms with Gasteiger partial charge in [0.25, 0.3) is 0 Å². The number of nitrogens with one attached hydrogen (secondary N) is 1. The topological polar surface area (TPSA) is 34.0 Å². The van der Waals surface area contributed by atoms with Gasteiger partial charge in [0.1, 0.15) is 6.29 Å². The fraction of sp³-hybridized carbons (Fsp3) is 0.400. The lowest BCUT2D eigenvalue weighted by atomic mass is 10.2. The van der Waals surface area contributed by atoms with Gasteiger partial charge in [-0.2, -0.15) is 0 Å². The van der Waals surface area contributed by atoms with Crippen LogP contribution >= 0.6 is 0 Å². The monoisotopic (exact) mass is 244 g/mol. The standard InChI is InChI=1S/C15H20N2O/c1-11(16-8-9-18)10-17-13(3)12(2)14-6-4-5-7-15(14)17/h4-7,9,11,16H,8,10H2,1-3H3/t11-/m0/s1. The molecule has 96 valence electrons. The predicted molar refractivity (Wildman–Crippen MR) is 74.9 cm³/mol. The predicted octanol–water partition coefficient (Wildman–Crippen LogP) is 2.44. The number of aldehydes is 1. The lowest BCUT2D eigenvalue weighted by Gasteiger charge is -2.15. The maximum Gasteiger partial charge on any atom is 0.133 e. The second-order valence-electron chi connectivity index (χ2n) is 4.81. The summed E-state index contributed by atoms with van der Waals surface area (Å²) in [5.74, 6) is 0. The number of benzene rings is 1. The van der Waals surface area contributed by atoms with Crippen molar-refractivity contribution in [2.24, 2.45) is 0 Å². The number of fused-ring (bicyclic) bond motifs is 1. The fourth-order valence-electron chi connectivity index (χ4n) is 2.43. The third-order valence-corrected chi connectivity index (χ3v) is 3.55. The van der Waals surface area contributed by atoms with E-state index in [4.69, 9.17) is 0 Å². The van der Waals surface area contributed by atoms with Crippen LogP contribution in [0.5, 0.6) is 0 Å². The van der Waals surface area contributed by atoms with Crippen molar-refractivity contribution in [3.63, 3.8) is 0 Å². The highest BCUT2D eigenvalue weighted by Crippen LogP contribution is 2.24. The first-order valence-electron chi connectivity index (χ1n) is 6.36. The first-order chi connectivity index (χ1) is 8.65. The molecule has 0 aliphatic rings. The molecule has 0 amide bonds. The zero-order chi connectivity index (χ0) is 13.1. The first-order valence-corrected chi connectivity index (χ1v) is 6.36. The van der Waals surface area contributed by atoms with Crippen LogP contribution in [0.3, 0.4) is 0 Å². The summed E-state index contributed by atoms with van der Waals surface area (Å²) in [4.78, 5) is 10.4. The number of carbonyl (C=O) groups excluding carboxylic acids is 1. The lowest BCUT2D eigenvalue weighted by Crippen LogP contribution is -2.32. The molecule has 3 nitrogen and oxygen atoms in total. The van der Waals surface area contributed by atoms with E-state index in [-0.39, 0.29) is 6.04 Å². The molecule has 0 aliphatic carbocycles. The molecular weight excluding hydrogens is 224 g/mol. The quantitative estimate of drug-likeness (QED) is 0.820.